The second-order valence-corrected chi connectivity index (χ2v) is 9.75. The van der Waals surface area contributed by atoms with E-state index in [9.17, 15) is 9.90 Å². The second kappa shape index (κ2) is 7.36. The molecule has 4 aliphatic rings. The molecule has 4 heteroatoms. The fourth-order valence-corrected chi connectivity index (χ4v) is 6.56. The molecule has 1 aliphatic heterocycles. The van der Waals surface area contributed by atoms with Crippen LogP contribution in [0.5, 0.6) is 5.75 Å². The molecule has 0 bridgehead atoms. The summed E-state index contributed by atoms with van der Waals surface area (Å²) in [6.45, 7) is 2.53. The summed E-state index contributed by atoms with van der Waals surface area (Å²) in [6, 6.07) is 8.07. The Hall–Kier alpha value is -2.35. The maximum absolute atomic E-state index is 12.1. The molecule has 31 heavy (non-hydrogen) atoms. The number of carbonyl (C=O) groups excluding carboxylic acids is 1. The molecular weight excluding hydrogens is 388 g/mol. The average Bonchev–Trinajstić information content (AvgIpc) is 2.96. The number of carbonyl (C=O) groups is 1. The van der Waals surface area contributed by atoms with Crippen LogP contribution in [0.2, 0.25) is 0 Å². The third kappa shape index (κ3) is 3.02. The lowest BCUT2D eigenvalue weighted by atomic mass is 9.62. The Bertz CT molecular complexity index is 1010. The van der Waals surface area contributed by atoms with Crippen LogP contribution in [0.25, 0.3) is 0 Å². The Balaban J connectivity index is 1.67. The smallest absolute Gasteiger partial charge is 0.156 e. The largest absolute Gasteiger partial charge is 0.497 e. The standard InChI is InChI=1S/C27H30O4/c1-4-27(29)14-13-23-22-11-7-18-15-19(28)8-12-21(18)24(22)25(31-16-26(23,27)2)17-5-9-20(30-3)10-6-17/h1,5-6,9-10,15,22-23,25,29H,7-8,11-14,16H2,2-3H3/t22?,23?,25-,26?,27-/m0/s1. The van der Waals surface area contributed by atoms with Crippen LogP contribution < -0.4 is 4.74 Å². The van der Waals surface area contributed by atoms with Gasteiger partial charge < -0.3 is 14.6 Å². The number of hydrogen-bond donors (Lipinski definition) is 1. The summed E-state index contributed by atoms with van der Waals surface area (Å²) in [6.07, 6.45) is 12.2. The number of allylic oxidation sites excluding steroid dienone is 3. The van der Waals surface area contributed by atoms with Gasteiger partial charge in [0.15, 0.2) is 5.78 Å². The number of rotatable bonds is 2. The van der Waals surface area contributed by atoms with Gasteiger partial charge in [0.25, 0.3) is 0 Å². The summed E-state index contributed by atoms with van der Waals surface area (Å²) in [4.78, 5) is 12.1. The zero-order chi connectivity index (χ0) is 21.8. The van der Waals surface area contributed by atoms with E-state index in [0.29, 0.717) is 25.4 Å². The maximum Gasteiger partial charge on any atom is 0.156 e. The van der Waals surface area contributed by atoms with E-state index in [1.807, 2.05) is 18.2 Å². The van der Waals surface area contributed by atoms with Crippen LogP contribution in [-0.4, -0.2) is 30.2 Å². The van der Waals surface area contributed by atoms with Crippen molar-refractivity contribution in [3.05, 3.63) is 52.6 Å². The van der Waals surface area contributed by atoms with Gasteiger partial charge in [0.2, 0.25) is 0 Å². The summed E-state index contributed by atoms with van der Waals surface area (Å²) in [7, 11) is 1.66. The predicted octanol–water partition coefficient (Wildman–Crippen LogP) is 4.54. The normalized spacial score (nSPS) is 37.2. The Morgan fingerprint density at radius 2 is 1.97 bits per heavy atom. The fourth-order valence-electron chi connectivity index (χ4n) is 6.56. The van der Waals surface area contributed by atoms with Gasteiger partial charge in [-0.05, 0) is 84.4 Å². The molecule has 0 spiro atoms. The van der Waals surface area contributed by atoms with E-state index in [0.717, 1.165) is 37.0 Å². The number of hydrogen-bond acceptors (Lipinski definition) is 4. The van der Waals surface area contributed by atoms with Crippen molar-refractivity contribution in [3.63, 3.8) is 0 Å². The molecule has 0 amide bonds. The van der Waals surface area contributed by atoms with Crippen LogP contribution in [-0.2, 0) is 9.53 Å². The monoisotopic (exact) mass is 418 g/mol. The zero-order valence-electron chi connectivity index (χ0n) is 18.3. The Labute approximate surface area is 184 Å². The van der Waals surface area contributed by atoms with Crippen molar-refractivity contribution in [1.29, 1.82) is 0 Å². The molecule has 1 saturated carbocycles. The fraction of sp³-hybridized carbons (Fsp3) is 0.519. The highest BCUT2D eigenvalue weighted by Crippen LogP contribution is 2.61. The van der Waals surface area contributed by atoms with Crippen molar-refractivity contribution >= 4 is 5.78 Å². The average molecular weight is 419 g/mol. The van der Waals surface area contributed by atoms with Crippen molar-refractivity contribution in [1.82, 2.24) is 0 Å². The number of methoxy groups -OCH3 is 1. The number of benzene rings is 1. The van der Waals surface area contributed by atoms with E-state index in [2.05, 4.69) is 25.0 Å². The van der Waals surface area contributed by atoms with Gasteiger partial charge >= 0.3 is 0 Å². The first kappa shape index (κ1) is 20.5. The zero-order valence-corrected chi connectivity index (χ0v) is 18.3. The predicted molar refractivity (Wildman–Crippen MR) is 118 cm³/mol. The van der Waals surface area contributed by atoms with Gasteiger partial charge in [-0.3, -0.25) is 4.79 Å². The molecule has 1 aromatic carbocycles. The minimum Gasteiger partial charge on any atom is -0.497 e. The highest BCUT2D eigenvalue weighted by atomic mass is 16.5. The van der Waals surface area contributed by atoms with E-state index in [-0.39, 0.29) is 17.8 Å². The first-order valence-corrected chi connectivity index (χ1v) is 11.3. The highest BCUT2D eigenvalue weighted by molar-refractivity contribution is 5.93. The number of fused-ring (bicyclic) bond motifs is 4. The van der Waals surface area contributed by atoms with E-state index in [1.54, 1.807) is 7.11 Å². The lowest BCUT2D eigenvalue weighted by Crippen LogP contribution is -2.48. The van der Waals surface area contributed by atoms with Crippen molar-refractivity contribution in [2.75, 3.05) is 13.7 Å². The highest BCUT2D eigenvalue weighted by Gasteiger charge is 2.61. The Morgan fingerprint density at radius 3 is 2.68 bits per heavy atom. The lowest BCUT2D eigenvalue weighted by molar-refractivity contribution is -0.114. The number of ether oxygens (including phenoxy) is 2. The van der Waals surface area contributed by atoms with Crippen molar-refractivity contribution in [2.24, 2.45) is 17.3 Å². The summed E-state index contributed by atoms with van der Waals surface area (Å²) in [5, 5.41) is 11.4. The van der Waals surface area contributed by atoms with Crippen molar-refractivity contribution < 1.29 is 19.4 Å². The molecule has 1 N–H and O–H groups in total. The molecule has 5 rings (SSSR count). The van der Waals surface area contributed by atoms with Crippen molar-refractivity contribution in [3.8, 4) is 18.1 Å². The third-order valence-electron chi connectivity index (χ3n) is 8.37. The van der Waals surface area contributed by atoms with E-state index in [1.165, 1.54) is 16.7 Å². The summed E-state index contributed by atoms with van der Waals surface area (Å²) >= 11 is 0. The summed E-state index contributed by atoms with van der Waals surface area (Å²) < 4.78 is 12.0. The molecule has 0 aromatic heterocycles. The van der Waals surface area contributed by atoms with Crippen LogP contribution >= 0.6 is 0 Å². The lowest BCUT2D eigenvalue weighted by Gasteiger charge is -2.42. The molecule has 162 valence electrons. The van der Waals surface area contributed by atoms with E-state index in [4.69, 9.17) is 15.9 Å². The van der Waals surface area contributed by atoms with Gasteiger partial charge in [-0.2, -0.15) is 0 Å². The molecule has 3 unspecified atom stereocenters. The van der Waals surface area contributed by atoms with Gasteiger partial charge in [0, 0.05) is 11.8 Å². The molecule has 1 heterocycles. The van der Waals surface area contributed by atoms with Crippen LogP contribution in [0, 0.1) is 29.6 Å². The van der Waals surface area contributed by atoms with Crippen LogP contribution in [0.1, 0.15) is 57.1 Å². The van der Waals surface area contributed by atoms with Crippen molar-refractivity contribution in [2.45, 2.75) is 57.2 Å². The third-order valence-corrected chi connectivity index (χ3v) is 8.37. The number of aliphatic hydroxyl groups is 1. The SMILES string of the molecule is C#C[C@]1(O)CCC2C3CCC4=CC(=O)CCC4=C3[C@H](c3ccc(OC)cc3)OCC21C. The van der Waals surface area contributed by atoms with Crippen LogP contribution in [0.15, 0.2) is 47.1 Å². The first-order valence-electron chi connectivity index (χ1n) is 11.3. The molecule has 1 aromatic rings. The molecule has 1 saturated heterocycles. The Morgan fingerprint density at radius 1 is 1.19 bits per heavy atom. The quantitative estimate of drug-likeness (QED) is 0.717. The van der Waals surface area contributed by atoms with Gasteiger partial charge in [0.05, 0.1) is 13.7 Å². The minimum absolute atomic E-state index is 0.202. The summed E-state index contributed by atoms with van der Waals surface area (Å²) in [5.41, 5.74) is 3.23. The van der Waals surface area contributed by atoms with Gasteiger partial charge in [0.1, 0.15) is 17.5 Å². The topological polar surface area (TPSA) is 55.8 Å². The van der Waals surface area contributed by atoms with E-state index < -0.39 is 11.0 Å². The molecule has 3 aliphatic carbocycles. The first-order chi connectivity index (χ1) is 14.9. The summed E-state index contributed by atoms with van der Waals surface area (Å²) in [5.74, 6) is 4.31. The molecule has 5 atom stereocenters. The second-order valence-electron chi connectivity index (χ2n) is 9.75. The van der Waals surface area contributed by atoms with Crippen LogP contribution in [0.4, 0.5) is 0 Å². The maximum atomic E-state index is 12.1. The Kier molecular flexibility index (Phi) is 4.88. The van der Waals surface area contributed by atoms with E-state index >= 15 is 0 Å². The molecule has 2 fully saturated rings. The molecular formula is C27H30O4. The van der Waals surface area contributed by atoms with Crippen LogP contribution in [0.3, 0.4) is 0 Å². The minimum atomic E-state index is -1.15. The van der Waals surface area contributed by atoms with Gasteiger partial charge in [-0.1, -0.05) is 25.0 Å². The number of terminal acetylenes is 1. The van der Waals surface area contributed by atoms with Gasteiger partial charge in [-0.25, -0.2) is 0 Å². The molecule has 4 nitrogen and oxygen atoms in total. The molecule has 0 radical (unpaired) electrons. The van der Waals surface area contributed by atoms with Gasteiger partial charge in [-0.15, -0.1) is 6.42 Å². The number of ketones is 1.